The van der Waals surface area contributed by atoms with Crippen molar-refractivity contribution in [3.63, 3.8) is 0 Å². The second kappa shape index (κ2) is 6.60. The Morgan fingerprint density at radius 3 is 2.65 bits per heavy atom. The normalized spacial score (nSPS) is 14.0. The lowest BCUT2D eigenvalue weighted by molar-refractivity contribution is 0.0938. The van der Waals surface area contributed by atoms with E-state index < -0.39 is 0 Å². The second-order valence-electron chi connectivity index (χ2n) is 5.30. The molecule has 1 aliphatic rings. The number of para-hydroxylation sites is 1. The number of carbonyl (C=O) groups is 1. The zero-order valence-corrected chi connectivity index (χ0v) is 13.2. The van der Waals surface area contributed by atoms with Crippen molar-refractivity contribution in [2.45, 2.75) is 13.0 Å². The zero-order chi connectivity index (χ0) is 16.2. The number of nitrogens with one attached hydrogen (secondary N) is 1. The Kier molecular flexibility index (Phi) is 4.37. The van der Waals surface area contributed by atoms with Gasteiger partial charge in [0.15, 0.2) is 11.5 Å². The van der Waals surface area contributed by atoms with Crippen LogP contribution in [0.5, 0.6) is 17.2 Å². The molecule has 3 rings (SSSR count). The van der Waals surface area contributed by atoms with E-state index in [0.29, 0.717) is 30.3 Å². The topological polar surface area (TPSA) is 56.8 Å². The summed E-state index contributed by atoms with van der Waals surface area (Å²) in [5, 5.41) is 2.98. The molecule has 0 unspecified atom stereocenters. The molecule has 0 saturated heterocycles. The number of benzene rings is 2. The summed E-state index contributed by atoms with van der Waals surface area (Å²) in [4.78, 5) is 12.5. The van der Waals surface area contributed by atoms with Gasteiger partial charge in [0.25, 0.3) is 5.91 Å². The van der Waals surface area contributed by atoms with Crippen LogP contribution in [0.2, 0.25) is 0 Å². The molecular formula is C18H19NO4. The van der Waals surface area contributed by atoms with Gasteiger partial charge in [0, 0.05) is 11.1 Å². The van der Waals surface area contributed by atoms with Crippen molar-refractivity contribution < 1.29 is 19.0 Å². The van der Waals surface area contributed by atoms with Crippen molar-refractivity contribution >= 4 is 5.91 Å². The maximum atomic E-state index is 12.5. The van der Waals surface area contributed by atoms with E-state index in [1.807, 2.05) is 31.2 Å². The summed E-state index contributed by atoms with van der Waals surface area (Å²) >= 11 is 0. The number of carbonyl (C=O) groups excluding carboxylic acids is 1. The van der Waals surface area contributed by atoms with Crippen LogP contribution in [-0.4, -0.2) is 26.2 Å². The van der Waals surface area contributed by atoms with Crippen LogP contribution in [0.15, 0.2) is 42.5 Å². The summed E-state index contributed by atoms with van der Waals surface area (Å²) in [6, 6.07) is 12.7. The molecule has 1 atom stereocenters. The molecule has 120 valence electrons. The first-order valence-electron chi connectivity index (χ1n) is 7.52. The van der Waals surface area contributed by atoms with E-state index in [-0.39, 0.29) is 11.9 Å². The highest BCUT2D eigenvalue weighted by Gasteiger charge is 2.18. The molecule has 0 aliphatic carbocycles. The smallest absolute Gasteiger partial charge is 0.251 e. The third kappa shape index (κ3) is 3.23. The monoisotopic (exact) mass is 313 g/mol. The first-order valence-corrected chi connectivity index (χ1v) is 7.52. The highest BCUT2D eigenvalue weighted by atomic mass is 16.6. The number of rotatable bonds is 4. The maximum absolute atomic E-state index is 12.5. The summed E-state index contributed by atoms with van der Waals surface area (Å²) in [7, 11) is 1.62. The molecule has 23 heavy (non-hydrogen) atoms. The number of amides is 1. The van der Waals surface area contributed by atoms with Crippen molar-refractivity contribution in [1.29, 1.82) is 0 Å². The molecule has 5 heteroatoms. The van der Waals surface area contributed by atoms with Crippen molar-refractivity contribution in [3.05, 3.63) is 53.6 Å². The first-order chi connectivity index (χ1) is 11.2. The zero-order valence-electron chi connectivity index (χ0n) is 13.2. The van der Waals surface area contributed by atoms with Gasteiger partial charge in [-0.15, -0.1) is 0 Å². The van der Waals surface area contributed by atoms with Crippen LogP contribution in [0, 0.1) is 0 Å². The molecule has 1 amide bonds. The highest BCUT2D eigenvalue weighted by Crippen LogP contribution is 2.31. The van der Waals surface area contributed by atoms with Gasteiger partial charge >= 0.3 is 0 Å². The third-order valence-electron chi connectivity index (χ3n) is 3.76. The molecule has 5 nitrogen and oxygen atoms in total. The molecule has 0 saturated carbocycles. The lowest BCUT2D eigenvalue weighted by Crippen LogP contribution is -2.27. The summed E-state index contributed by atoms with van der Waals surface area (Å²) in [5.41, 5.74) is 1.47. The van der Waals surface area contributed by atoms with Crippen LogP contribution in [0.4, 0.5) is 0 Å². The van der Waals surface area contributed by atoms with Crippen LogP contribution in [0.25, 0.3) is 0 Å². The molecule has 1 heterocycles. The molecule has 0 spiro atoms. The van der Waals surface area contributed by atoms with E-state index in [4.69, 9.17) is 14.2 Å². The summed E-state index contributed by atoms with van der Waals surface area (Å²) in [5.74, 6) is 1.86. The predicted octanol–water partition coefficient (Wildman–Crippen LogP) is 2.96. The van der Waals surface area contributed by atoms with Crippen LogP contribution in [-0.2, 0) is 0 Å². The molecule has 0 aromatic heterocycles. The number of hydrogen-bond donors (Lipinski definition) is 1. The van der Waals surface area contributed by atoms with Gasteiger partial charge in [-0.25, -0.2) is 0 Å². The van der Waals surface area contributed by atoms with E-state index in [1.165, 1.54) is 0 Å². The van der Waals surface area contributed by atoms with E-state index in [2.05, 4.69) is 5.32 Å². The van der Waals surface area contributed by atoms with Crippen molar-refractivity contribution in [1.82, 2.24) is 5.32 Å². The summed E-state index contributed by atoms with van der Waals surface area (Å²) < 4.78 is 16.3. The van der Waals surface area contributed by atoms with Gasteiger partial charge in [0.2, 0.25) is 0 Å². The van der Waals surface area contributed by atoms with Crippen LogP contribution in [0.1, 0.15) is 28.9 Å². The molecule has 2 aromatic carbocycles. The molecular weight excluding hydrogens is 294 g/mol. The molecule has 0 bridgehead atoms. The molecule has 0 radical (unpaired) electrons. The lowest BCUT2D eigenvalue weighted by atomic mass is 10.1. The van der Waals surface area contributed by atoms with E-state index in [9.17, 15) is 4.79 Å². The highest BCUT2D eigenvalue weighted by molar-refractivity contribution is 5.95. The first kappa shape index (κ1) is 15.2. The molecule has 1 N–H and O–H groups in total. The average Bonchev–Trinajstić information content (AvgIpc) is 2.61. The quantitative estimate of drug-likeness (QED) is 0.943. The Morgan fingerprint density at radius 2 is 1.87 bits per heavy atom. The van der Waals surface area contributed by atoms with Gasteiger partial charge in [-0.05, 0) is 31.2 Å². The SMILES string of the molecule is COc1ccccc1[C@@H](C)NC(=O)c1ccc2c(c1)OCCO2. The molecule has 0 fully saturated rings. The van der Waals surface area contributed by atoms with E-state index in [0.717, 1.165) is 11.3 Å². The standard InChI is InChI=1S/C18H19NO4/c1-12(14-5-3-4-6-15(14)21-2)19-18(20)13-7-8-16-17(11-13)23-10-9-22-16/h3-8,11-12H,9-10H2,1-2H3,(H,19,20)/t12-/m1/s1. The van der Waals surface area contributed by atoms with Crippen molar-refractivity contribution in [2.75, 3.05) is 20.3 Å². The number of ether oxygens (including phenoxy) is 3. The predicted molar refractivity (Wildman–Crippen MR) is 86.3 cm³/mol. The van der Waals surface area contributed by atoms with Gasteiger partial charge in [-0.1, -0.05) is 18.2 Å². The van der Waals surface area contributed by atoms with Gasteiger partial charge < -0.3 is 19.5 Å². The van der Waals surface area contributed by atoms with Crippen LogP contribution in [0.3, 0.4) is 0 Å². The Labute approximate surface area is 135 Å². The fourth-order valence-corrected chi connectivity index (χ4v) is 2.57. The number of fused-ring (bicyclic) bond motifs is 1. The Bertz CT molecular complexity index is 714. The largest absolute Gasteiger partial charge is 0.496 e. The third-order valence-corrected chi connectivity index (χ3v) is 3.76. The molecule has 1 aliphatic heterocycles. The minimum atomic E-state index is -0.174. The summed E-state index contributed by atoms with van der Waals surface area (Å²) in [6.07, 6.45) is 0. The lowest BCUT2D eigenvalue weighted by Gasteiger charge is -2.20. The average molecular weight is 313 g/mol. The Balaban J connectivity index is 1.76. The maximum Gasteiger partial charge on any atom is 0.251 e. The minimum absolute atomic E-state index is 0.166. The van der Waals surface area contributed by atoms with Crippen LogP contribution >= 0.6 is 0 Å². The van der Waals surface area contributed by atoms with Crippen molar-refractivity contribution in [2.24, 2.45) is 0 Å². The van der Waals surface area contributed by atoms with Crippen molar-refractivity contribution in [3.8, 4) is 17.2 Å². The van der Waals surface area contributed by atoms with Crippen LogP contribution < -0.4 is 19.5 Å². The van der Waals surface area contributed by atoms with Gasteiger partial charge in [0.1, 0.15) is 19.0 Å². The molecule has 2 aromatic rings. The van der Waals surface area contributed by atoms with E-state index >= 15 is 0 Å². The summed E-state index contributed by atoms with van der Waals surface area (Å²) in [6.45, 7) is 2.95. The Morgan fingerprint density at radius 1 is 1.13 bits per heavy atom. The second-order valence-corrected chi connectivity index (χ2v) is 5.30. The van der Waals surface area contributed by atoms with Gasteiger partial charge in [0.05, 0.1) is 13.2 Å². The number of hydrogen-bond acceptors (Lipinski definition) is 4. The fourth-order valence-electron chi connectivity index (χ4n) is 2.57. The number of methoxy groups -OCH3 is 1. The Hall–Kier alpha value is -2.69. The van der Waals surface area contributed by atoms with Gasteiger partial charge in [-0.3, -0.25) is 4.79 Å². The van der Waals surface area contributed by atoms with Gasteiger partial charge in [-0.2, -0.15) is 0 Å². The minimum Gasteiger partial charge on any atom is -0.496 e. The fraction of sp³-hybridized carbons (Fsp3) is 0.278. The van der Waals surface area contributed by atoms with E-state index in [1.54, 1.807) is 25.3 Å².